The molecular weight excluding hydrogens is 230 g/mol. The van der Waals surface area contributed by atoms with E-state index in [9.17, 15) is 0 Å². The second-order valence-electron chi connectivity index (χ2n) is 6.67. The van der Waals surface area contributed by atoms with Crippen molar-refractivity contribution in [2.75, 3.05) is 6.54 Å². The monoisotopic (exact) mass is 257 g/mol. The number of rotatable bonds is 5. The van der Waals surface area contributed by atoms with Crippen molar-refractivity contribution in [1.82, 2.24) is 5.32 Å². The van der Waals surface area contributed by atoms with Gasteiger partial charge in [-0.15, -0.1) is 0 Å². The first kappa shape index (κ1) is 13.2. The maximum absolute atomic E-state index is 3.76. The minimum absolute atomic E-state index is 0.785. The molecule has 1 aromatic rings. The van der Waals surface area contributed by atoms with Crippen LogP contribution in [0.1, 0.15) is 62.0 Å². The molecule has 0 unspecified atom stereocenters. The van der Waals surface area contributed by atoms with Gasteiger partial charge in [-0.2, -0.15) is 0 Å². The van der Waals surface area contributed by atoms with Crippen molar-refractivity contribution < 1.29 is 0 Å². The largest absolute Gasteiger partial charge is 0.314 e. The van der Waals surface area contributed by atoms with Crippen LogP contribution in [0, 0.1) is 12.8 Å². The van der Waals surface area contributed by atoms with E-state index in [0.717, 1.165) is 17.9 Å². The van der Waals surface area contributed by atoms with Crippen molar-refractivity contribution in [2.24, 2.45) is 5.92 Å². The predicted molar refractivity (Wildman–Crippen MR) is 81.5 cm³/mol. The van der Waals surface area contributed by atoms with Crippen LogP contribution in [0.3, 0.4) is 0 Å². The molecule has 1 nitrogen and oxygen atoms in total. The van der Waals surface area contributed by atoms with Gasteiger partial charge in [-0.3, -0.25) is 0 Å². The first-order chi connectivity index (χ1) is 9.31. The Morgan fingerprint density at radius 2 is 1.74 bits per heavy atom. The summed E-state index contributed by atoms with van der Waals surface area (Å²) in [4.78, 5) is 0. The zero-order valence-corrected chi connectivity index (χ0v) is 12.2. The molecular formula is C18H27N. The van der Waals surface area contributed by atoms with Gasteiger partial charge in [-0.05, 0) is 50.1 Å². The summed E-state index contributed by atoms with van der Waals surface area (Å²) in [6.07, 6.45) is 10.0. The van der Waals surface area contributed by atoms with Gasteiger partial charge in [0, 0.05) is 6.04 Å². The molecule has 0 aromatic heterocycles. The molecule has 0 spiro atoms. The van der Waals surface area contributed by atoms with E-state index in [4.69, 9.17) is 0 Å². The molecule has 2 aliphatic carbocycles. The highest BCUT2D eigenvalue weighted by Gasteiger charge is 2.29. The third-order valence-corrected chi connectivity index (χ3v) is 5.15. The van der Waals surface area contributed by atoms with E-state index in [1.807, 2.05) is 0 Å². The number of aryl methyl sites for hydroxylation is 1. The standard InChI is InChI=1S/C18H27N/c1-14-6-8-16(9-7-14)17-12-18(13-17)19-11-10-15-4-2-3-5-15/h6-9,15,17-19H,2-5,10-13H2,1H3. The Morgan fingerprint density at radius 3 is 2.42 bits per heavy atom. The fraction of sp³-hybridized carbons (Fsp3) is 0.667. The Morgan fingerprint density at radius 1 is 1.05 bits per heavy atom. The van der Waals surface area contributed by atoms with Crippen LogP contribution in [-0.4, -0.2) is 12.6 Å². The molecule has 0 saturated heterocycles. The van der Waals surface area contributed by atoms with Crippen LogP contribution in [0.2, 0.25) is 0 Å². The van der Waals surface area contributed by atoms with E-state index in [-0.39, 0.29) is 0 Å². The Labute approximate surface area is 117 Å². The normalized spacial score (nSPS) is 27.4. The first-order valence-electron chi connectivity index (χ1n) is 8.11. The summed E-state index contributed by atoms with van der Waals surface area (Å²) in [6.45, 7) is 3.41. The van der Waals surface area contributed by atoms with Crippen LogP contribution in [0.5, 0.6) is 0 Å². The van der Waals surface area contributed by atoms with Crippen LogP contribution in [0.25, 0.3) is 0 Å². The quantitative estimate of drug-likeness (QED) is 0.824. The van der Waals surface area contributed by atoms with Gasteiger partial charge in [-0.25, -0.2) is 0 Å². The predicted octanol–water partition coefficient (Wildman–Crippen LogP) is 4.41. The molecule has 19 heavy (non-hydrogen) atoms. The minimum Gasteiger partial charge on any atom is -0.314 e. The van der Waals surface area contributed by atoms with E-state index < -0.39 is 0 Å². The van der Waals surface area contributed by atoms with Crippen LogP contribution >= 0.6 is 0 Å². The molecule has 1 heteroatoms. The fourth-order valence-electron chi connectivity index (χ4n) is 3.69. The Bertz CT molecular complexity index is 383. The average molecular weight is 257 g/mol. The third-order valence-electron chi connectivity index (χ3n) is 5.15. The highest BCUT2D eigenvalue weighted by Crippen LogP contribution is 2.37. The van der Waals surface area contributed by atoms with E-state index in [2.05, 4.69) is 36.5 Å². The average Bonchev–Trinajstić information content (AvgIpc) is 2.87. The summed E-state index contributed by atoms with van der Waals surface area (Å²) in [7, 11) is 0. The molecule has 0 atom stereocenters. The van der Waals surface area contributed by atoms with Gasteiger partial charge < -0.3 is 5.32 Å². The molecule has 1 N–H and O–H groups in total. The maximum Gasteiger partial charge on any atom is 0.00787 e. The SMILES string of the molecule is Cc1ccc(C2CC(NCCC3CCCC3)C2)cc1. The van der Waals surface area contributed by atoms with E-state index >= 15 is 0 Å². The Balaban J connectivity index is 1.34. The van der Waals surface area contributed by atoms with Gasteiger partial charge in [0.2, 0.25) is 0 Å². The molecule has 0 aliphatic heterocycles. The second-order valence-corrected chi connectivity index (χ2v) is 6.67. The molecule has 2 aliphatic rings. The summed E-state index contributed by atoms with van der Waals surface area (Å²) in [5.41, 5.74) is 2.91. The van der Waals surface area contributed by atoms with Gasteiger partial charge >= 0.3 is 0 Å². The molecule has 2 saturated carbocycles. The maximum atomic E-state index is 3.76. The molecule has 0 amide bonds. The third kappa shape index (κ3) is 3.39. The number of nitrogens with one attached hydrogen (secondary N) is 1. The van der Waals surface area contributed by atoms with Gasteiger partial charge in [-0.1, -0.05) is 55.5 Å². The smallest absolute Gasteiger partial charge is 0.00787 e. The molecule has 2 fully saturated rings. The Hall–Kier alpha value is -0.820. The molecule has 0 bridgehead atoms. The lowest BCUT2D eigenvalue weighted by Gasteiger charge is -2.36. The lowest BCUT2D eigenvalue weighted by Crippen LogP contribution is -2.40. The van der Waals surface area contributed by atoms with Crippen LogP contribution in [-0.2, 0) is 0 Å². The second kappa shape index (κ2) is 6.09. The van der Waals surface area contributed by atoms with Gasteiger partial charge in [0.25, 0.3) is 0 Å². The summed E-state index contributed by atoms with van der Waals surface area (Å²) in [6, 6.07) is 9.91. The molecule has 1 aromatic carbocycles. The van der Waals surface area contributed by atoms with Gasteiger partial charge in [0.05, 0.1) is 0 Å². The first-order valence-corrected chi connectivity index (χ1v) is 8.11. The topological polar surface area (TPSA) is 12.0 Å². The highest BCUT2D eigenvalue weighted by atomic mass is 14.9. The van der Waals surface area contributed by atoms with Gasteiger partial charge in [0.15, 0.2) is 0 Å². The summed E-state index contributed by atoms with van der Waals surface area (Å²) in [5, 5.41) is 3.76. The molecule has 0 radical (unpaired) electrons. The van der Waals surface area contributed by atoms with Crippen molar-refractivity contribution in [3.8, 4) is 0 Å². The van der Waals surface area contributed by atoms with Crippen molar-refractivity contribution >= 4 is 0 Å². The number of hydrogen-bond acceptors (Lipinski definition) is 1. The summed E-state index contributed by atoms with van der Waals surface area (Å²) < 4.78 is 0. The molecule has 0 heterocycles. The lowest BCUT2D eigenvalue weighted by molar-refractivity contribution is 0.283. The lowest BCUT2D eigenvalue weighted by atomic mass is 9.75. The zero-order valence-electron chi connectivity index (χ0n) is 12.2. The van der Waals surface area contributed by atoms with Crippen LogP contribution < -0.4 is 5.32 Å². The van der Waals surface area contributed by atoms with E-state index in [1.165, 1.54) is 57.1 Å². The number of benzene rings is 1. The summed E-state index contributed by atoms with van der Waals surface area (Å²) >= 11 is 0. The van der Waals surface area contributed by atoms with Crippen molar-refractivity contribution in [3.05, 3.63) is 35.4 Å². The van der Waals surface area contributed by atoms with E-state index in [0.29, 0.717) is 0 Å². The Kier molecular flexibility index (Phi) is 4.22. The minimum atomic E-state index is 0.785. The number of hydrogen-bond donors (Lipinski definition) is 1. The summed E-state index contributed by atoms with van der Waals surface area (Å²) in [5.74, 6) is 1.84. The van der Waals surface area contributed by atoms with Crippen molar-refractivity contribution in [2.45, 2.75) is 63.8 Å². The van der Waals surface area contributed by atoms with Crippen LogP contribution in [0.15, 0.2) is 24.3 Å². The highest BCUT2D eigenvalue weighted by molar-refractivity contribution is 5.26. The van der Waals surface area contributed by atoms with Crippen molar-refractivity contribution in [3.63, 3.8) is 0 Å². The van der Waals surface area contributed by atoms with Crippen LogP contribution in [0.4, 0.5) is 0 Å². The van der Waals surface area contributed by atoms with Gasteiger partial charge in [0.1, 0.15) is 0 Å². The van der Waals surface area contributed by atoms with E-state index in [1.54, 1.807) is 5.56 Å². The molecule has 104 valence electrons. The zero-order chi connectivity index (χ0) is 13.1. The molecule has 3 rings (SSSR count). The van der Waals surface area contributed by atoms with Crippen molar-refractivity contribution in [1.29, 1.82) is 0 Å². The fourth-order valence-corrected chi connectivity index (χ4v) is 3.69.